The van der Waals surface area contributed by atoms with Crippen LogP contribution >= 0.6 is 11.3 Å². The van der Waals surface area contributed by atoms with Crippen molar-refractivity contribution in [1.82, 2.24) is 4.98 Å². The highest BCUT2D eigenvalue weighted by molar-refractivity contribution is 7.14. The molecule has 2 amide bonds. The number of rotatable bonds is 5. The van der Waals surface area contributed by atoms with Gasteiger partial charge in [-0.15, -0.1) is 11.3 Å². The molecule has 0 radical (unpaired) electrons. The summed E-state index contributed by atoms with van der Waals surface area (Å²) in [5.74, 6) is -0.365. The monoisotopic (exact) mass is 365 g/mol. The number of hydrogen-bond donors (Lipinski definition) is 2. The molecule has 0 bridgehead atoms. The lowest BCUT2D eigenvalue weighted by atomic mass is 10.2. The summed E-state index contributed by atoms with van der Waals surface area (Å²) < 4.78 is 0. The zero-order chi connectivity index (χ0) is 18.5. The topological polar surface area (TPSA) is 71.1 Å². The molecule has 132 valence electrons. The minimum atomic E-state index is -0.212. The van der Waals surface area contributed by atoms with E-state index in [9.17, 15) is 9.59 Å². The summed E-state index contributed by atoms with van der Waals surface area (Å²) in [7, 11) is 0. The molecule has 1 heterocycles. The van der Waals surface area contributed by atoms with Crippen LogP contribution in [-0.4, -0.2) is 16.8 Å². The Morgan fingerprint density at radius 1 is 0.962 bits per heavy atom. The summed E-state index contributed by atoms with van der Waals surface area (Å²) in [6.45, 7) is 3.75. The molecule has 6 heteroatoms. The van der Waals surface area contributed by atoms with Crippen LogP contribution in [0.2, 0.25) is 0 Å². The Bertz CT molecular complexity index is 935. The normalized spacial score (nSPS) is 10.4. The van der Waals surface area contributed by atoms with E-state index in [4.69, 9.17) is 0 Å². The van der Waals surface area contributed by atoms with Gasteiger partial charge in [0.05, 0.1) is 12.1 Å². The lowest BCUT2D eigenvalue weighted by molar-refractivity contribution is -0.115. The van der Waals surface area contributed by atoms with Crippen molar-refractivity contribution < 1.29 is 9.59 Å². The van der Waals surface area contributed by atoms with E-state index in [2.05, 4.69) is 15.6 Å². The van der Waals surface area contributed by atoms with Crippen LogP contribution in [0, 0.1) is 13.8 Å². The zero-order valence-corrected chi connectivity index (χ0v) is 15.4. The standard InChI is InChI=1S/C20H19N3O2S/c1-13-7-6-10-16(11-13)22-17(24)12-18-21-14(2)19(26-18)20(25)23-15-8-4-3-5-9-15/h3-11H,12H2,1-2H3,(H,22,24)(H,23,25). The smallest absolute Gasteiger partial charge is 0.267 e. The molecular formula is C20H19N3O2S. The first-order valence-electron chi connectivity index (χ1n) is 8.20. The summed E-state index contributed by atoms with van der Waals surface area (Å²) in [6, 6.07) is 16.9. The maximum Gasteiger partial charge on any atom is 0.267 e. The maximum absolute atomic E-state index is 12.4. The van der Waals surface area contributed by atoms with E-state index in [0.29, 0.717) is 15.6 Å². The van der Waals surface area contributed by atoms with E-state index in [0.717, 1.165) is 16.9 Å². The van der Waals surface area contributed by atoms with Gasteiger partial charge in [-0.3, -0.25) is 9.59 Å². The van der Waals surface area contributed by atoms with Crippen molar-refractivity contribution in [1.29, 1.82) is 0 Å². The minimum Gasteiger partial charge on any atom is -0.326 e. The van der Waals surface area contributed by atoms with Gasteiger partial charge in [0.25, 0.3) is 5.91 Å². The van der Waals surface area contributed by atoms with E-state index in [-0.39, 0.29) is 18.2 Å². The number of carbonyl (C=O) groups is 2. The van der Waals surface area contributed by atoms with Gasteiger partial charge in [0.15, 0.2) is 0 Å². The number of benzene rings is 2. The van der Waals surface area contributed by atoms with Crippen molar-refractivity contribution in [2.45, 2.75) is 20.3 Å². The number of thiazole rings is 1. The number of hydrogen-bond acceptors (Lipinski definition) is 4. The zero-order valence-electron chi connectivity index (χ0n) is 14.6. The largest absolute Gasteiger partial charge is 0.326 e. The number of carbonyl (C=O) groups excluding carboxylic acids is 2. The highest BCUT2D eigenvalue weighted by Gasteiger charge is 2.17. The molecule has 0 aliphatic heterocycles. The minimum absolute atomic E-state index is 0.137. The Balaban J connectivity index is 1.65. The van der Waals surface area contributed by atoms with Crippen molar-refractivity contribution in [3.05, 3.63) is 75.7 Å². The molecule has 3 aromatic rings. The molecule has 0 saturated carbocycles. The van der Waals surface area contributed by atoms with Crippen LogP contribution in [0.4, 0.5) is 11.4 Å². The molecule has 0 unspecified atom stereocenters. The van der Waals surface area contributed by atoms with E-state index in [1.807, 2.05) is 61.5 Å². The Labute approximate surface area is 156 Å². The van der Waals surface area contributed by atoms with E-state index in [1.165, 1.54) is 11.3 Å². The quantitative estimate of drug-likeness (QED) is 0.712. The number of aryl methyl sites for hydroxylation is 2. The number of para-hydroxylation sites is 1. The van der Waals surface area contributed by atoms with Gasteiger partial charge in [-0.2, -0.15) is 0 Å². The van der Waals surface area contributed by atoms with Crippen LogP contribution < -0.4 is 10.6 Å². The third-order valence-electron chi connectivity index (χ3n) is 3.69. The van der Waals surface area contributed by atoms with Gasteiger partial charge in [0, 0.05) is 11.4 Å². The molecule has 26 heavy (non-hydrogen) atoms. The predicted octanol–water partition coefficient (Wildman–Crippen LogP) is 4.19. The van der Waals surface area contributed by atoms with Crippen LogP contribution in [0.15, 0.2) is 54.6 Å². The van der Waals surface area contributed by atoms with E-state index in [1.54, 1.807) is 6.92 Å². The van der Waals surface area contributed by atoms with Crippen LogP contribution in [0.3, 0.4) is 0 Å². The molecule has 1 aromatic heterocycles. The van der Waals surface area contributed by atoms with Crippen LogP contribution in [0.25, 0.3) is 0 Å². The molecule has 0 fully saturated rings. The molecule has 3 rings (SSSR count). The van der Waals surface area contributed by atoms with Gasteiger partial charge >= 0.3 is 0 Å². The predicted molar refractivity (Wildman–Crippen MR) is 105 cm³/mol. The average molecular weight is 365 g/mol. The van der Waals surface area contributed by atoms with Gasteiger partial charge < -0.3 is 10.6 Å². The molecule has 2 aromatic carbocycles. The van der Waals surface area contributed by atoms with Crippen molar-refractivity contribution in [3.63, 3.8) is 0 Å². The first-order chi connectivity index (χ1) is 12.5. The highest BCUT2D eigenvalue weighted by Crippen LogP contribution is 2.21. The van der Waals surface area contributed by atoms with Gasteiger partial charge in [-0.25, -0.2) is 4.98 Å². The summed E-state index contributed by atoms with van der Waals surface area (Å²) in [5, 5.41) is 6.32. The van der Waals surface area contributed by atoms with Gasteiger partial charge in [0.2, 0.25) is 5.91 Å². The summed E-state index contributed by atoms with van der Waals surface area (Å²) >= 11 is 1.24. The maximum atomic E-state index is 12.4. The average Bonchev–Trinajstić information content (AvgIpc) is 2.96. The lowest BCUT2D eigenvalue weighted by Crippen LogP contribution is -2.14. The number of nitrogens with zero attached hydrogens (tertiary/aromatic N) is 1. The SMILES string of the molecule is Cc1cccc(NC(=O)Cc2nc(C)c(C(=O)Nc3ccccc3)s2)c1. The summed E-state index contributed by atoms with van der Waals surface area (Å²) in [4.78, 5) is 29.5. The number of amides is 2. The molecule has 0 saturated heterocycles. The third kappa shape index (κ3) is 4.55. The second-order valence-corrected chi connectivity index (χ2v) is 7.02. The van der Waals surface area contributed by atoms with Crippen LogP contribution in [0.5, 0.6) is 0 Å². The second-order valence-electron chi connectivity index (χ2n) is 5.94. The second kappa shape index (κ2) is 7.93. The highest BCUT2D eigenvalue weighted by atomic mass is 32.1. The first kappa shape index (κ1) is 17.8. The lowest BCUT2D eigenvalue weighted by Gasteiger charge is -2.04. The molecule has 0 atom stereocenters. The Kier molecular flexibility index (Phi) is 5.43. The van der Waals surface area contributed by atoms with Crippen molar-refractivity contribution in [3.8, 4) is 0 Å². The Morgan fingerprint density at radius 2 is 1.69 bits per heavy atom. The van der Waals surface area contributed by atoms with Crippen LogP contribution in [-0.2, 0) is 11.2 Å². The van der Waals surface area contributed by atoms with Crippen molar-refractivity contribution in [2.24, 2.45) is 0 Å². The summed E-state index contributed by atoms with van der Waals surface area (Å²) in [6.07, 6.45) is 0.137. The fourth-order valence-electron chi connectivity index (χ4n) is 2.51. The summed E-state index contributed by atoms with van der Waals surface area (Å²) in [5.41, 5.74) is 3.18. The first-order valence-corrected chi connectivity index (χ1v) is 9.02. The fraction of sp³-hybridized carbons (Fsp3) is 0.150. The fourth-order valence-corrected chi connectivity index (χ4v) is 3.47. The van der Waals surface area contributed by atoms with Crippen molar-refractivity contribution in [2.75, 3.05) is 10.6 Å². The molecule has 2 N–H and O–H groups in total. The van der Waals surface area contributed by atoms with Gasteiger partial charge in [0.1, 0.15) is 9.88 Å². The third-order valence-corrected chi connectivity index (χ3v) is 4.85. The Hall–Kier alpha value is -2.99. The molecular weight excluding hydrogens is 346 g/mol. The van der Waals surface area contributed by atoms with Gasteiger partial charge in [-0.05, 0) is 43.7 Å². The van der Waals surface area contributed by atoms with E-state index >= 15 is 0 Å². The van der Waals surface area contributed by atoms with E-state index < -0.39 is 0 Å². The molecule has 0 aliphatic rings. The number of aromatic nitrogens is 1. The number of nitrogens with one attached hydrogen (secondary N) is 2. The molecule has 0 aliphatic carbocycles. The van der Waals surface area contributed by atoms with Crippen molar-refractivity contribution >= 4 is 34.5 Å². The van der Waals surface area contributed by atoms with Crippen LogP contribution in [0.1, 0.15) is 25.9 Å². The Morgan fingerprint density at radius 3 is 2.42 bits per heavy atom. The van der Waals surface area contributed by atoms with Gasteiger partial charge in [-0.1, -0.05) is 30.3 Å². The number of anilines is 2. The molecule has 0 spiro atoms. The molecule has 5 nitrogen and oxygen atoms in total.